The third-order valence-corrected chi connectivity index (χ3v) is 5.78. The van der Waals surface area contributed by atoms with Crippen LogP contribution in [-0.2, 0) is 6.42 Å². The molecule has 0 aliphatic heterocycles. The van der Waals surface area contributed by atoms with Crippen LogP contribution in [0.5, 0.6) is 0 Å². The highest BCUT2D eigenvalue weighted by atomic mass is 32.1. The number of hydrogen-bond donors (Lipinski definition) is 1. The molecule has 30 heavy (non-hydrogen) atoms. The molecule has 5 aromatic rings. The maximum Gasteiger partial charge on any atom is 0.257 e. The minimum Gasteiger partial charge on any atom is -0.461 e. The van der Waals surface area contributed by atoms with Crippen molar-refractivity contribution in [2.75, 3.05) is 5.32 Å². The molecule has 1 N–H and O–H groups in total. The first-order chi connectivity index (χ1) is 14.7. The zero-order valence-electron chi connectivity index (χ0n) is 15.8. The van der Waals surface area contributed by atoms with E-state index in [1.165, 1.54) is 17.6 Å². The molecule has 0 fully saturated rings. The van der Waals surface area contributed by atoms with Gasteiger partial charge in [-0.1, -0.05) is 47.7 Å². The smallest absolute Gasteiger partial charge is 0.257 e. The van der Waals surface area contributed by atoms with Gasteiger partial charge in [-0.15, -0.1) is 0 Å². The topological polar surface area (TPSA) is 72.2 Å². The summed E-state index contributed by atoms with van der Waals surface area (Å²) in [5, 5.41) is 5.51. The maximum absolute atomic E-state index is 12.7. The first kappa shape index (κ1) is 18.3. The molecular weight excluding hydrogens is 396 g/mol. The van der Waals surface area contributed by atoms with Crippen LogP contribution in [0.4, 0.5) is 5.13 Å². The predicted octanol–water partition coefficient (Wildman–Crippen LogP) is 5.72. The Labute approximate surface area is 176 Å². The number of nitrogens with one attached hydrogen (secondary N) is 1. The van der Waals surface area contributed by atoms with Crippen LogP contribution in [0.2, 0.25) is 0 Å². The van der Waals surface area contributed by atoms with Crippen molar-refractivity contribution in [2.45, 2.75) is 6.42 Å². The molecule has 0 saturated carbocycles. The molecule has 6 heteroatoms. The van der Waals surface area contributed by atoms with Crippen LogP contribution in [0.25, 0.3) is 21.0 Å². The minimum atomic E-state index is -0.201. The Morgan fingerprint density at radius 3 is 2.63 bits per heavy atom. The lowest BCUT2D eigenvalue weighted by Crippen LogP contribution is -2.11. The lowest BCUT2D eigenvalue weighted by molar-refractivity contribution is 0.0965. The third kappa shape index (κ3) is 3.60. The summed E-state index contributed by atoms with van der Waals surface area (Å²) in [6, 6.07) is 22.6. The van der Waals surface area contributed by atoms with E-state index >= 15 is 0 Å². The second-order valence-electron chi connectivity index (χ2n) is 6.91. The largest absolute Gasteiger partial charge is 0.461 e. The quantitative estimate of drug-likeness (QED) is 0.375. The molecule has 0 aliphatic carbocycles. The lowest BCUT2D eigenvalue weighted by atomic mass is 10.1. The summed E-state index contributed by atoms with van der Waals surface area (Å²) in [5.74, 6) is 0.0736. The van der Waals surface area contributed by atoms with E-state index in [2.05, 4.69) is 10.3 Å². The molecule has 2 aromatic heterocycles. The molecule has 0 unspecified atom stereocenters. The maximum atomic E-state index is 12.7. The van der Waals surface area contributed by atoms with Gasteiger partial charge in [0, 0.05) is 12.0 Å². The summed E-state index contributed by atoms with van der Waals surface area (Å²) in [7, 11) is 0. The highest BCUT2D eigenvalue weighted by Crippen LogP contribution is 2.28. The van der Waals surface area contributed by atoms with Crippen LogP contribution in [0.15, 0.2) is 83.5 Å². The van der Waals surface area contributed by atoms with Gasteiger partial charge in [0.05, 0.1) is 16.5 Å². The summed E-state index contributed by atoms with van der Waals surface area (Å²) in [4.78, 5) is 29.4. The van der Waals surface area contributed by atoms with Crippen molar-refractivity contribution in [3.05, 3.63) is 95.9 Å². The fraction of sp³-hybridized carbons (Fsp3) is 0.0417. The van der Waals surface area contributed by atoms with Gasteiger partial charge in [0.15, 0.2) is 10.9 Å². The molecule has 5 rings (SSSR count). The number of rotatable bonds is 5. The average molecular weight is 412 g/mol. The summed E-state index contributed by atoms with van der Waals surface area (Å²) in [6.45, 7) is 0. The summed E-state index contributed by atoms with van der Waals surface area (Å²) in [6.07, 6.45) is 1.74. The number of hydrogen-bond acceptors (Lipinski definition) is 5. The highest BCUT2D eigenvalue weighted by Gasteiger charge is 2.13. The summed E-state index contributed by atoms with van der Waals surface area (Å²) in [5.41, 5.74) is 2.24. The number of nitrogens with zero attached hydrogens (tertiary/aromatic N) is 1. The van der Waals surface area contributed by atoms with E-state index in [0.717, 1.165) is 26.6 Å². The van der Waals surface area contributed by atoms with Crippen molar-refractivity contribution < 1.29 is 14.0 Å². The van der Waals surface area contributed by atoms with Crippen molar-refractivity contribution in [2.24, 2.45) is 0 Å². The standard InChI is InChI=1S/C24H16N2O3S/c27-20(21-6-3-11-29-21)12-15-7-10-19-22(13-15)30-24(25-19)26-23(28)18-9-8-16-4-1-2-5-17(16)14-18/h1-11,13-14H,12H2,(H,25,26,28). The van der Waals surface area contributed by atoms with Gasteiger partial charge in [0.2, 0.25) is 5.78 Å². The molecule has 1 amide bonds. The zero-order chi connectivity index (χ0) is 20.5. The van der Waals surface area contributed by atoms with Gasteiger partial charge in [-0.2, -0.15) is 0 Å². The lowest BCUT2D eigenvalue weighted by Gasteiger charge is -2.03. The van der Waals surface area contributed by atoms with E-state index in [0.29, 0.717) is 16.5 Å². The molecule has 0 radical (unpaired) electrons. The molecule has 5 nitrogen and oxygen atoms in total. The van der Waals surface area contributed by atoms with Crippen LogP contribution >= 0.6 is 11.3 Å². The van der Waals surface area contributed by atoms with E-state index < -0.39 is 0 Å². The minimum absolute atomic E-state index is 0.0753. The average Bonchev–Trinajstić information content (AvgIpc) is 3.43. The van der Waals surface area contributed by atoms with Gasteiger partial charge in [-0.05, 0) is 52.7 Å². The van der Waals surface area contributed by atoms with E-state index in [-0.39, 0.29) is 18.1 Å². The molecule has 0 aliphatic rings. The Balaban J connectivity index is 1.35. The van der Waals surface area contributed by atoms with Crippen LogP contribution in [-0.4, -0.2) is 16.7 Å². The number of Topliss-reactive ketones (excluding diaryl/α,β-unsaturated/α-hetero) is 1. The van der Waals surface area contributed by atoms with Gasteiger partial charge in [0.1, 0.15) is 0 Å². The zero-order valence-corrected chi connectivity index (χ0v) is 16.6. The van der Waals surface area contributed by atoms with Crippen LogP contribution in [0, 0.1) is 0 Å². The normalized spacial score (nSPS) is 11.1. The van der Waals surface area contributed by atoms with Gasteiger partial charge >= 0.3 is 0 Å². The van der Waals surface area contributed by atoms with Crippen molar-refractivity contribution in [3.8, 4) is 0 Å². The molecule has 0 bridgehead atoms. The highest BCUT2D eigenvalue weighted by molar-refractivity contribution is 7.22. The fourth-order valence-corrected chi connectivity index (χ4v) is 4.27. The molecule has 0 saturated heterocycles. The number of anilines is 1. The van der Waals surface area contributed by atoms with Crippen molar-refractivity contribution in [3.63, 3.8) is 0 Å². The Kier molecular flexibility index (Phi) is 4.61. The third-order valence-electron chi connectivity index (χ3n) is 4.85. The predicted molar refractivity (Wildman–Crippen MR) is 118 cm³/mol. The van der Waals surface area contributed by atoms with Gasteiger partial charge in [-0.25, -0.2) is 4.98 Å². The Bertz CT molecular complexity index is 1390. The molecular formula is C24H16N2O3S. The molecule has 0 spiro atoms. The van der Waals surface area contributed by atoms with Crippen LogP contribution in [0.3, 0.4) is 0 Å². The first-order valence-electron chi connectivity index (χ1n) is 9.42. The van der Waals surface area contributed by atoms with E-state index in [9.17, 15) is 9.59 Å². The first-order valence-corrected chi connectivity index (χ1v) is 10.2. The Hall–Kier alpha value is -3.77. The Morgan fingerprint density at radius 1 is 0.933 bits per heavy atom. The number of benzene rings is 3. The van der Waals surface area contributed by atoms with Crippen LogP contribution in [0.1, 0.15) is 26.5 Å². The molecule has 146 valence electrons. The number of carbonyl (C=O) groups is 2. The number of thiazole rings is 1. The van der Waals surface area contributed by atoms with Gasteiger partial charge < -0.3 is 4.42 Å². The number of fused-ring (bicyclic) bond motifs is 2. The number of aromatic nitrogens is 1. The second-order valence-corrected chi connectivity index (χ2v) is 7.95. The van der Waals surface area contributed by atoms with Gasteiger partial charge in [0.25, 0.3) is 5.91 Å². The number of furan rings is 1. The SMILES string of the molecule is O=C(Nc1nc2ccc(CC(=O)c3ccco3)cc2s1)c1ccc2ccccc2c1. The second kappa shape index (κ2) is 7.57. The summed E-state index contributed by atoms with van der Waals surface area (Å²) < 4.78 is 6.08. The number of carbonyl (C=O) groups excluding carboxylic acids is 2. The number of amides is 1. The van der Waals surface area contributed by atoms with Crippen LogP contribution < -0.4 is 5.32 Å². The molecule has 2 heterocycles. The molecule has 3 aromatic carbocycles. The van der Waals surface area contributed by atoms with Crippen molar-refractivity contribution in [1.29, 1.82) is 0 Å². The Morgan fingerprint density at radius 2 is 1.80 bits per heavy atom. The van der Waals surface area contributed by atoms with Crippen molar-refractivity contribution in [1.82, 2.24) is 4.98 Å². The summed E-state index contributed by atoms with van der Waals surface area (Å²) >= 11 is 1.38. The fourth-order valence-electron chi connectivity index (χ4n) is 3.34. The van der Waals surface area contributed by atoms with Crippen molar-refractivity contribution >= 4 is 49.1 Å². The number of ketones is 1. The van der Waals surface area contributed by atoms with E-state index in [1.54, 1.807) is 12.1 Å². The van der Waals surface area contributed by atoms with E-state index in [4.69, 9.17) is 4.42 Å². The molecule has 0 atom stereocenters. The monoisotopic (exact) mass is 412 g/mol. The van der Waals surface area contributed by atoms with E-state index in [1.807, 2.05) is 60.7 Å². The van der Waals surface area contributed by atoms with Gasteiger partial charge in [-0.3, -0.25) is 14.9 Å².